The Labute approximate surface area is 179 Å². The van der Waals surface area contributed by atoms with E-state index in [1.165, 1.54) is 17.7 Å². The summed E-state index contributed by atoms with van der Waals surface area (Å²) in [6, 6.07) is 14.5. The first kappa shape index (κ1) is 21.4. The standard InChI is InChI=1S/C22H23ClFN3OS/c1-15-4-6-17(7-5-15)14-27-21(23)20(16(2)26-27)22(28)25-12-3-13-29-19-10-8-18(24)9-11-19/h4-11H,3,12-14H2,1-2H3,(H,25,28). The maximum Gasteiger partial charge on any atom is 0.256 e. The minimum Gasteiger partial charge on any atom is -0.352 e. The molecule has 3 aromatic rings. The molecule has 0 aliphatic carbocycles. The third kappa shape index (κ3) is 5.84. The van der Waals surface area contributed by atoms with Crippen molar-refractivity contribution in [3.8, 4) is 0 Å². The molecule has 1 amide bonds. The Morgan fingerprint density at radius 1 is 1.14 bits per heavy atom. The van der Waals surface area contributed by atoms with Crippen LogP contribution in [-0.2, 0) is 6.54 Å². The molecule has 0 aliphatic rings. The van der Waals surface area contributed by atoms with Crippen molar-refractivity contribution in [2.75, 3.05) is 12.3 Å². The molecule has 1 aromatic heterocycles. The number of halogens is 2. The summed E-state index contributed by atoms with van der Waals surface area (Å²) >= 11 is 8.07. The van der Waals surface area contributed by atoms with Crippen molar-refractivity contribution in [2.45, 2.75) is 31.7 Å². The summed E-state index contributed by atoms with van der Waals surface area (Å²) in [5.74, 6) is 0.372. The van der Waals surface area contributed by atoms with Crippen molar-refractivity contribution < 1.29 is 9.18 Å². The Kier molecular flexibility index (Phi) is 7.34. The molecule has 0 unspecified atom stereocenters. The molecule has 0 aliphatic heterocycles. The molecule has 152 valence electrons. The summed E-state index contributed by atoms with van der Waals surface area (Å²) in [7, 11) is 0. The van der Waals surface area contributed by atoms with Gasteiger partial charge in [-0.3, -0.25) is 4.79 Å². The Hall–Kier alpha value is -2.31. The summed E-state index contributed by atoms with van der Waals surface area (Å²) in [5.41, 5.74) is 3.30. The van der Waals surface area contributed by atoms with Gasteiger partial charge in [-0.25, -0.2) is 9.07 Å². The van der Waals surface area contributed by atoms with E-state index < -0.39 is 0 Å². The van der Waals surface area contributed by atoms with Crippen LogP contribution in [0, 0.1) is 19.7 Å². The zero-order chi connectivity index (χ0) is 20.8. The number of hydrogen-bond acceptors (Lipinski definition) is 3. The molecular weight excluding hydrogens is 409 g/mol. The number of amides is 1. The van der Waals surface area contributed by atoms with Gasteiger partial charge in [0.2, 0.25) is 0 Å². The van der Waals surface area contributed by atoms with Gasteiger partial charge in [-0.1, -0.05) is 41.4 Å². The van der Waals surface area contributed by atoms with Crippen LogP contribution in [0.3, 0.4) is 0 Å². The lowest BCUT2D eigenvalue weighted by atomic mass is 10.1. The summed E-state index contributed by atoms with van der Waals surface area (Å²) in [6.45, 7) is 4.87. The Morgan fingerprint density at radius 2 is 1.83 bits per heavy atom. The monoisotopic (exact) mass is 431 g/mol. The number of nitrogens with one attached hydrogen (secondary N) is 1. The van der Waals surface area contributed by atoms with Crippen molar-refractivity contribution >= 4 is 29.3 Å². The summed E-state index contributed by atoms with van der Waals surface area (Å²) in [6.07, 6.45) is 0.794. The van der Waals surface area contributed by atoms with E-state index in [9.17, 15) is 9.18 Å². The molecule has 29 heavy (non-hydrogen) atoms. The molecule has 7 heteroatoms. The number of carbonyl (C=O) groups is 1. The SMILES string of the molecule is Cc1ccc(Cn2nc(C)c(C(=O)NCCCSc3ccc(F)cc3)c2Cl)cc1. The molecule has 0 fully saturated rings. The van der Waals surface area contributed by atoms with E-state index in [1.54, 1.807) is 35.5 Å². The number of nitrogens with zero attached hydrogens (tertiary/aromatic N) is 2. The molecule has 0 radical (unpaired) electrons. The number of aryl methyl sites for hydroxylation is 2. The zero-order valence-electron chi connectivity index (χ0n) is 16.4. The Morgan fingerprint density at radius 3 is 2.52 bits per heavy atom. The smallest absolute Gasteiger partial charge is 0.256 e. The number of benzene rings is 2. The zero-order valence-corrected chi connectivity index (χ0v) is 18.0. The van der Waals surface area contributed by atoms with Crippen LogP contribution >= 0.6 is 23.4 Å². The highest BCUT2D eigenvalue weighted by Crippen LogP contribution is 2.22. The van der Waals surface area contributed by atoms with E-state index in [0.717, 1.165) is 22.6 Å². The van der Waals surface area contributed by atoms with Gasteiger partial charge < -0.3 is 5.32 Å². The predicted molar refractivity (Wildman–Crippen MR) is 116 cm³/mol. The molecule has 0 atom stereocenters. The second kappa shape index (κ2) is 9.94. The van der Waals surface area contributed by atoms with Gasteiger partial charge in [0.15, 0.2) is 0 Å². The minimum absolute atomic E-state index is 0.213. The van der Waals surface area contributed by atoms with Gasteiger partial charge in [-0.15, -0.1) is 11.8 Å². The number of thioether (sulfide) groups is 1. The molecular formula is C22H23ClFN3OS. The van der Waals surface area contributed by atoms with Crippen LogP contribution in [0.1, 0.15) is 33.6 Å². The average molecular weight is 432 g/mol. The number of hydrogen-bond donors (Lipinski definition) is 1. The van der Waals surface area contributed by atoms with Gasteiger partial charge in [0.05, 0.1) is 17.8 Å². The summed E-state index contributed by atoms with van der Waals surface area (Å²) in [4.78, 5) is 13.6. The van der Waals surface area contributed by atoms with Gasteiger partial charge >= 0.3 is 0 Å². The van der Waals surface area contributed by atoms with Crippen molar-refractivity contribution in [2.24, 2.45) is 0 Å². The van der Waals surface area contributed by atoms with E-state index >= 15 is 0 Å². The van der Waals surface area contributed by atoms with Crippen LogP contribution in [-0.4, -0.2) is 28.0 Å². The molecule has 0 saturated carbocycles. The van der Waals surface area contributed by atoms with Crippen LogP contribution in [0.25, 0.3) is 0 Å². The maximum atomic E-state index is 12.9. The fraction of sp³-hybridized carbons (Fsp3) is 0.273. The molecule has 0 bridgehead atoms. The molecule has 3 rings (SSSR count). The van der Waals surface area contributed by atoms with Crippen molar-refractivity contribution in [3.63, 3.8) is 0 Å². The molecule has 1 N–H and O–H groups in total. The Bertz CT molecular complexity index is 971. The average Bonchev–Trinajstić information content (AvgIpc) is 2.98. The second-order valence-electron chi connectivity index (χ2n) is 6.81. The van der Waals surface area contributed by atoms with Crippen LogP contribution in [0.5, 0.6) is 0 Å². The molecule has 4 nitrogen and oxygen atoms in total. The van der Waals surface area contributed by atoms with Crippen molar-refractivity contribution in [1.82, 2.24) is 15.1 Å². The van der Waals surface area contributed by atoms with Crippen molar-refractivity contribution in [3.05, 3.63) is 81.9 Å². The summed E-state index contributed by atoms with van der Waals surface area (Å²) < 4.78 is 14.6. The third-order valence-electron chi connectivity index (χ3n) is 4.43. The Balaban J connectivity index is 1.51. The van der Waals surface area contributed by atoms with Crippen LogP contribution < -0.4 is 5.32 Å². The lowest BCUT2D eigenvalue weighted by Crippen LogP contribution is -2.25. The highest BCUT2D eigenvalue weighted by Gasteiger charge is 2.20. The van der Waals surface area contributed by atoms with E-state index in [4.69, 9.17) is 11.6 Å². The first-order valence-corrected chi connectivity index (χ1v) is 10.8. The van der Waals surface area contributed by atoms with Crippen molar-refractivity contribution in [1.29, 1.82) is 0 Å². The maximum absolute atomic E-state index is 12.9. The van der Waals surface area contributed by atoms with E-state index in [-0.39, 0.29) is 11.7 Å². The van der Waals surface area contributed by atoms with Crippen LogP contribution in [0.2, 0.25) is 5.15 Å². The normalized spacial score (nSPS) is 10.9. The number of aromatic nitrogens is 2. The van der Waals surface area contributed by atoms with Gasteiger partial charge in [0, 0.05) is 11.4 Å². The third-order valence-corrected chi connectivity index (χ3v) is 5.92. The van der Waals surface area contributed by atoms with Crippen LogP contribution in [0.15, 0.2) is 53.4 Å². The first-order valence-electron chi connectivity index (χ1n) is 9.39. The fourth-order valence-electron chi connectivity index (χ4n) is 2.87. The van der Waals surface area contributed by atoms with Gasteiger partial charge in [0.25, 0.3) is 5.91 Å². The van der Waals surface area contributed by atoms with Gasteiger partial charge in [-0.2, -0.15) is 5.10 Å². The van der Waals surface area contributed by atoms with Gasteiger partial charge in [0.1, 0.15) is 11.0 Å². The summed E-state index contributed by atoms with van der Waals surface area (Å²) in [5, 5.41) is 7.69. The number of rotatable bonds is 8. The topological polar surface area (TPSA) is 46.9 Å². The van der Waals surface area contributed by atoms with E-state index in [1.807, 2.05) is 31.2 Å². The fourth-order valence-corrected chi connectivity index (χ4v) is 4.04. The predicted octanol–water partition coefficient (Wildman–Crippen LogP) is 5.25. The van der Waals surface area contributed by atoms with Crippen LogP contribution in [0.4, 0.5) is 4.39 Å². The largest absolute Gasteiger partial charge is 0.352 e. The lowest BCUT2D eigenvalue weighted by Gasteiger charge is -2.06. The molecule has 0 saturated heterocycles. The molecule has 0 spiro atoms. The molecule has 2 aromatic carbocycles. The quantitative estimate of drug-likeness (QED) is 0.391. The minimum atomic E-state index is -0.239. The lowest BCUT2D eigenvalue weighted by molar-refractivity contribution is 0.0953. The number of carbonyl (C=O) groups excluding carboxylic acids is 1. The second-order valence-corrected chi connectivity index (χ2v) is 8.33. The highest BCUT2D eigenvalue weighted by molar-refractivity contribution is 7.99. The first-order chi connectivity index (χ1) is 13.9. The molecule has 1 heterocycles. The highest BCUT2D eigenvalue weighted by atomic mass is 35.5. The van der Waals surface area contributed by atoms with Gasteiger partial charge in [-0.05, 0) is 55.9 Å². The van der Waals surface area contributed by atoms with E-state index in [2.05, 4.69) is 10.4 Å². The van der Waals surface area contributed by atoms with E-state index in [0.29, 0.717) is 29.5 Å².